The van der Waals surface area contributed by atoms with Crippen LogP contribution in [-0.4, -0.2) is 19.1 Å². The summed E-state index contributed by atoms with van der Waals surface area (Å²) in [5, 5.41) is 13.8. The van der Waals surface area contributed by atoms with Crippen molar-refractivity contribution in [3.8, 4) is 23.1 Å². The minimum Gasteiger partial charge on any atom is -0.237 e. The molecule has 2 heterocycles. The molecular weight excluding hydrogens is 270 g/mol. The lowest BCUT2D eigenvalue weighted by Crippen LogP contribution is -1.98. The molecule has 0 spiro atoms. The van der Waals surface area contributed by atoms with Gasteiger partial charge >= 0.3 is 0 Å². The van der Waals surface area contributed by atoms with Gasteiger partial charge < -0.3 is 0 Å². The van der Waals surface area contributed by atoms with Crippen molar-refractivity contribution < 1.29 is 0 Å². The lowest BCUT2D eigenvalue weighted by molar-refractivity contribution is 0.834. The molecule has 2 aromatic heterocycles. The molecule has 3 rings (SSSR count). The Labute approximate surface area is 120 Å². The lowest BCUT2D eigenvalue weighted by Gasteiger charge is -2.03. The van der Waals surface area contributed by atoms with Crippen LogP contribution in [0.3, 0.4) is 0 Å². The molecule has 0 fully saturated rings. The van der Waals surface area contributed by atoms with Crippen LogP contribution in [0.5, 0.6) is 0 Å². The topological polar surface area (TPSA) is 67.4 Å². The molecule has 3 aromatic rings. The summed E-state index contributed by atoms with van der Waals surface area (Å²) in [6.45, 7) is 3.91. The van der Waals surface area contributed by atoms with E-state index in [2.05, 4.69) is 14.5 Å². The fourth-order valence-electron chi connectivity index (χ4n) is 2.16. The van der Waals surface area contributed by atoms with Crippen molar-refractivity contribution in [1.82, 2.24) is 19.1 Å². The van der Waals surface area contributed by atoms with E-state index in [1.54, 1.807) is 0 Å². The fraction of sp³-hybridized carbons (Fsp3) is 0.143. The second kappa shape index (κ2) is 4.87. The summed E-state index contributed by atoms with van der Waals surface area (Å²) in [5.41, 5.74) is 3.71. The summed E-state index contributed by atoms with van der Waals surface area (Å²) in [6.07, 6.45) is 0. The average Bonchev–Trinajstić information content (AvgIpc) is 3.04. The fourth-order valence-corrected chi connectivity index (χ4v) is 2.63. The number of para-hydroxylation sites is 1. The highest BCUT2D eigenvalue weighted by Crippen LogP contribution is 2.27. The monoisotopic (exact) mass is 281 g/mol. The van der Waals surface area contributed by atoms with Gasteiger partial charge in [-0.25, -0.2) is 9.67 Å². The van der Waals surface area contributed by atoms with Crippen LogP contribution in [0, 0.1) is 25.2 Å². The molecule has 0 unspecified atom stereocenters. The van der Waals surface area contributed by atoms with E-state index in [-0.39, 0.29) is 0 Å². The highest BCUT2D eigenvalue weighted by atomic mass is 32.1. The van der Waals surface area contributed by atoms with Gasteiger partial charge in [-0.3, -0.25) is 0 Å². The van der Waals surface area contributed by atoms with Crippen LogP contribution in [0.2, 0.25) is 0 Å². The van der Waals surface area contributed by atoms with Crippen molar-refractivity contribution in [2.75, 3.05) is 0 Å². The van der Waals surface area contributed by atoms with E-state index in [1.165, 1.54) is 0 Å². The third kappa shape index (κ3) is 1.98. The Hall–Kier alpha value is -2.52. The summed E-state index contributed by atoms with van der Waals surface area (Å²) in [4.78, 5) is 4.22. The number of benzene rings is 1. The second-order valence-electron chi connectivity index (χ2n) is 4.33. The Balaban J connectivity index is 2.15. The molecule has 0 atom stereocenters. The smallest absolute Gasteiger partial charge is 0.214 e. The summed E-state index contributed by atoms with van der Waals surface area (Å²) in [5.74, 6) is 0.573. The predicted octanol–water partition coefficient (Wildman–Crippen LogP) is 2.88. The number of nitriles is 1. The van der Waals surface area contributed by atoms with Crippen LogP contribution in [0.15, 0.2) is 30.3 Å². The number of nitrogens with zero attached hydrogens (tertiary/aromatic N) is 5. The molecule has 1 aromatic carbocycles. The molecule has 0 bridgehead atoms. The zero-order valence-corrected chi connectivity index (χ0v) is 11.8. The Morgan fingerprint density at radius 1 is 1.20 bits per heavy atom. The van der Waals surface area contributed by atoms with Crippen molar-refractivity contribution in [2.45, 2.75) is 13.8 Å². The standard InChI is InChI=1S/C14H11N5S/c1-9-13(14-16-12(8-15)20-18-14)10(2)19(17-9)11-6-4-3-5-7-11/h3-7H,1-2H3. The van der Waals surface area contributed by atoms with Crippen molar-refractivity contribution in [3.63, 3.8) is 0 Å². The van der Waals surface area contributed by atoms with Crippen LogP contribution in [-0.2, 0) is 0 Å². The molecular formula is C14H11N5S. The van der Waals surface area contributed by atoms with Crippen molar-refractivity contribution in [3.05, 3.63) is 46.7 Å². The van der Waals surface area contributed by atoms with E-state index in [9.17, 15) is 0 Å². The Morgan fingerprint density at radius 2 is 1.95 bits per heavy atom. The number of hydrogen-bond donors (Lipinski definition) is 0. The average molecular weight is 281 g/mol. The zero-order chi connectivity index (χ0) is 14.1. The first kappa shape index (κ1) is 12.5. The minimum absolute atomic E-state index is 0.367. The third-order valence-electron chi connectivity index (χ3n) is 3.04. The van der Waals surface area contributed by atoms with Gasteiger partial charge in [-0.1, -0.05) is 18.2 Å². The molecule has 0 aliphatic carbocycles. The molecule has 6 heteroatoms. The van der Waals surface area contributed by atoms with Gasteiger partial charge in [0, 0.05) is 0 Å². The molecule has 20 heavy (non-hydrogen) atoms. The largest absolute Gasteiger partial charge is 0.237 e. The van der Waals surface area contributed by atoms with E-state index in [0.717, 1.165) is 34.2 Å². The molecule has 0 saturated carbocycles. The van der Waals surface area contributed by atoms with Crippen LogP contribution in [0.4, 0.5) is 0 Å². The normalized spacial score (nSPS) is 10.4. The van der Waals surface area contributed by atoms with E-state index in [4.69, 9.17) is 5.26 Å². The Morgan fingerprint density at radius 3 is 2.60 bits per heavy atom. The summed E-state index contributed by atoms with van der Waals surface area (Å²) in [7, 11) is 0. The maximum absolute atomic E-state index is 8.86. The van der Waals surface area contributed by atoms with Gasteiger partial charge in [-0.15, -0.1) is 0 Å². The molecule has 0 N–H and O–H groups in total. The van der Waals surface area contributed by atoms with E-state index < -0.39 is 0 Å². The molecule has 0 saturated heterocycles. The molecule has 98 valence electrons. The Bertz CT molecular complexity index is 795. The van der Waals surface area contributed by atoms with Crippen LogP contribution in [0.25, 0.3) is 17.1 Å². The molecule has 0 amide bonds. The number of rotatable bonds is 2. The van der Waals surface area contributed by atoms with E-state index >= 15 is 0 Å². The maximum atomic E-state index is 8.86. The summed E-state index contributed by atoms with van der Waals surface area (Å²) < 4.78 is 6.11. The van der Waals surface area contributed by atoms with Gasteiger partial charge in [0.1, 0.15) is 6.07 Å². The van der Waals surface area contributed by atoms with E-state index in [0.29, 0.717) is 10.8 Å². The minimum atomic E-state index is 0.367. The highest BCUT2D eigenvalue weighted by Gasteiger charge is 2.18. The molecule has 0 aliphatic rings. The van der Waals surface area contributed by atoms with Crippen LogP contribution >= 0.6 is 11.5 Å². The second-order valence-corrected chi connectivity index (χ2v) is 5.08. The number of aromatic nitrogens is 4. The van der Waals surface area contributed by atoms with Gasteiger partial charge in [-0.2, -0.15) is 14.7 Å². The summed E-state index contributed by atoms with van der Waals surface area (Å²) >= 11 is 1.11. The maximum Gasteiger partial charge on any atom is 0.214 e. The molecule has 0 radical (unpaired) electrons. The quantitative estimate of drug-likeness (QED) is 0.724. The number of hydrogen-bond acceptors (Lipinski definition) is 5. The van der Waals surface area contributed by atoms with Crippen LogP contribution in [0.1, 0.15) is 16.4 Å². The van der Waals surface area contributed by atoms with Crippen molar-refractivity contribution >= 4 is 11.5 Å². The molecule has 0 aliphatic heterocycles. The first-order valence-corrected chi connectivity index (χ1v) is 6.84. The first-order valence-electron chi connectivity index (χ1n) is 6.06. The predicted molar refractivity (Wildman–Crippen MR) is 76.7 cm³/mol. The van der Waals surface area contributed by atoms with Crippen molar-refractivity contribution in [1.29, 1.82) is 5.26 Å². The molecule has 5 nitrogen and oxygen atoms in total. The zero-order valence-electron chi connectivity index (χ0n) is 11.0. The Kier molecular flexibility index (Phi) is 3.05. The highest BCUT2D eigenvalue weighted by molar-refractivity contribution is 7.06. The van der Waals surface area contributed by atoms with Crippen LogP contribution < -0.4 is 0 Å². The van der Waals surface area contributed by atoms with Crippen molar-refractivity contribution in [2.24, 2.45) is 0 Å². The lowest BCUT2D eigenvalue weighted by atomic mass is 10.2. The number of aryl methyl sites for hydroxylation is 1. The van der Waals surface area contributed by atoms with Gasteiger partial charge in [0.05, 0.1) is 22.6 Å². The van der Waals surface area contributed by atoms with E-state index in [1.807, 2.05) is 54.9 Å². The third-order valence-corrected chi connectivity index (χ3v) is 3.66. The SMILES string of the molecule is Cc1nn(-c2ccccc2)c(C)c1-c1nsc(C#N)n1. The van der Waals surface area contributed by atoms with Gasteiger partial charge in [-0.05, 0) is 37.5 Å². The first-order chi connectivity index (χ1) is 9.70. The van der Waals surface area contributed by atoms with Gasteiger partial charge in [0.2, 0.25) is 5.01 Å². The van der Waals surface area contributed by atoms with Gasteiger partial charge in [0.15, 0.2) is 5.82 Å². The summed E-state index contributed by atoms with van der Waals surface area (Å²) in [6, 6.07) is 11.9. The van der Waals surface area contributed by atoms with Gasteiger partial charge in [0.25, 0.3) is 0 Å².